The highest BCUT2D eigenvalue weighted by molar-refractivity contribution is 6.22. The van der Waals surface area contributed by atoms with E-state index in [0.717, 1.165) is 6.92 Å². The van der Waals surface area contributed by atoms with Crippen LogP contribution in [0.4, 0.5) is 30.7 Å². The van der Waals surface area contributed by atoms with Gasteiger partial charge < -0.3 is 4.74 Å². The molecule has 0 bridgehead atoms. The smallest absolute Gasteiger partial charge is 0.328 e. The lowest BCUT2D eigenvalue weighted by atomic mass is 10.3. The van der Waals surface area contributed by atoms with Gasteiger partial charge in [-0.3, -0.25) is 0 Å². The molecule has 3 nitrogen and oxygen atoms in total. The Morgan fingerprint density at radius 2 is 1.71 bits per heavy atom. The second-order valence-corrected chi connectivity index (χ2v) is 3.42. The van der Waals surface area contributed by atoms with Crippen molar-refractivity contribution in [1.82, 2.24) is 5.06 Å². The summed E-state index contributed by atoms with van der Waals surface area (Å²) in [4.78, 5) is 2.83. The van der Waals surface area contributed by atoms with Gasteiger partial charge in [0.1, 0.15) is 0 Å². The van der Waals surface area contributed by atoms with Crippen LogP contribution in [0.3, 0.4) is 0 Å². The first-order valence-corrected chi connectivity index (χ1v) is 4.42. The fourth-order valence-electron chi connectivity index (χ4n) is 0.926. The molecule has 1 aliphatic rings. The van der Waals surface area contributed by atoms with Gasteiger partial charge in [-0.25, -0.2) is 4.84 Å². The van der Waals surface area contributed by atoms with Gasteiger partial charge in [0.05, 0.1) is 0 Å². The third kappa shape index (κ3) is 1.96. The highest BCUT2D eigenvalue weighted by Crippen LogP contribution is 2.56. The van der Waals surface area contributed by atoms with E-state index < -0.39 is 35.2 Å². The summed E-state index contributed by atoms with van der Waals surface area (Å²) in [6.45, 7) is 0.335. The van der Waals surface area contributed by atoms with Crippen LogP contribution in [0.5, 0.6) is 0 Å². The molecule has 0 N–H and O–H groups in total. The van der Waals surface area contributed by atoms with Crippen LogP contribution in [0.1, 0.15) is 6.92 Å². The number of halogens is 8. The van der Waals surface area contributed by atoms with Crippen LogP contribution in [-0.2, 0) is 9.57 Å². The summed E-state index contributed by atoms with van der Waals surface area (Å²) in [7, 11) is 0. The molecule has 1 saturated heterocycles. The van der Waals surface area contributed by atoms with E-state index in [1.165, 1.54) is 0 Å². The molecule has 1 unspecified atom stereocenters. The lowest BCUT2D eigenvalue weighted by molar-refractivity contribution is -0.642. The second kappa shape index (κ2) is 3.84. The van der Waals surface area contributed by atoms with Crippen LogP contribution in [0.2, 0.25) is 0 Å². The molecule has 17 heavy (non-hydrogen) atoms. The van der Waals surface area contributed by atoms with Gasteiger partial charge in [0.2, 0.25) is 0 Å². The van der Waals surface area contributed by atoms with Gasteiger partial charge in [-0.05, 0) is 23.6 Å². The Kier molecular flexibility index (Phi) is 3.33. The molecule has 1 heterocycles. The van der Waals surface area contributed by atoms with Crippen LogP contribution in [0.25, 0.3) is 0 Å². The highest BCUT2D eigenvalue weighted by Gasteiger charge is 2.84. The summed E-state index contributed by atoms with van der Waals surface area (Å²) in [6.07, 6.45) is -5.16. The number of alkyl halides is 8. The zero-order valence-electron chi connectivity index (χ0n) is 7.99. The van der Waals surface area contributed by atoms with E-state index in [9.17, 15) is 30.7 Å². The third-order valence-electron chi connectivity index (χ3n) is 1.74. The standard InChI is InChI=1S/C6H5ClF7NO2/c1-2-16-3(7,8)4(9,10)15-5(11,12)6(13,14)17-15/h2H2,1H3. The Hall–Kier alpha value is -0.320. The van der Waals surface area contributed by atoms with Crippen LogP contribution >= 0.6 is 11.6 Å². The maximum absolute atomic E-state index is 13.0. The second-order valence-electron chi connectivity index (χ2n) is 2.93. The maximum atomic E-state index is 13.0. The molecule has 11 heteroatoms. The van der Waals surface area contributed by atoms with Crippen molar-refractivity contribution in [1.29, 1.82) is 0 Å². The van der Waals surface area contributed by atoms with Crippen molar-refractivity contribution in [2.24, 2.45) is 0 Å². The van der Waals surface area contributed by atoms with E-state index in [4.69, 9.17) is 0 Å². The Labute approximate surface area is 95.0 Å². The quantitative estimate of drug-likeness (QED) is 0.452. The van der Waals surface area contributed by atoms with Crippen molar-refractivity contribution >= 4 is 11.6 Å². The summed E-state index contributed by atoms with van der Waals surface area (Å²) in [5.74, 6) is 0. The van der Waals surface area contributed by atoms with Gasteiger partial charge in [-0.2, -0.15) is 30.7 Å². The van der Waals surface area contributed by atoms with Crippen molar-refractivity contribution in [2.75, 3.05) is 6.61 Å². The first-order valence-electron chi connectivity index (χ1n) is 4.05. The first kappa shape index (κ1) is 14.7. The van der Waals surface area contributed by atoms with Gasteiger partial charge in [0.25, 0.3) is 0 Å². The minimum absolute atomic E-state index is 0.703. The highest BCUT2D eigenvalue weighted by atomic mass is 35.5. The zero-order chi connectivity index (χ0) is 13.7. The van der Waals surface area contributed by atoms with Crippen molar-refractivity contribution in [2.45, 2.75) is 30.4 Å². The van der Waals surface area contributed by atoms with E-state index in [1.807, 2.05) is 0 Å². The molecule has 0 aromatic rings. The lowest BCUT2D eigenvalue weighted by Crippen LogP contribution is -2.76. The van der Waals surface area contributed by atoms with E-state index in [1.54, 1.807) is 0 Å². The molecule has 102 valence electrons. The molecule has 1 fully saturated rings. The van der Waals surface area contributed by atoms with Gasteiger partial charge >= 0.3 is 23.5 Å². The minimum atomic E-state index is -5.40. The number of rotatable bonds is 4. The molecule has 0 radical (unpaired) electrons. The van der Waals surface area contributed by atoms with Crippen LogP contribution in [-0.4, -0.2) is 35.2 Å². The molecule has 1 atom stereocenters. The fraction of sp³-hybridized carbons (Fsp3) is 1.00. The van der Waals surface area contributed by atoms with Gasteiger partial charge in [-0.1, -0.05) is 0 Å². The number of hydrogen-bond donors (Lipinski definition) is 0. The van der Waals surface area contributed by atoms with Gasteiger partial charge in [0, 0.05) is 6.61 Å². The Balaban J connectivity index is 2.95. The van der Waals surface area contributed by atoms with Crippen LogP contribution < -0.4 is 0 Å². The molecular weight excluding hydrogens is 287 g/mol. The predicted molar refractivity (Wildman–Crippen MR) is 39.1 cm³/mol. The molecule has 0 aliphatic carbocycles. The van der Waals surface area contributed by atoms with Crippen molar-refractivity contribution < 1.29 is 40.3 Å². The minimum Gasteiger partial charge on any atom is -0.328 e. The zero-order valence-corrected chi connectivity index (χ0v) is 8.75. The number of hydrogen-bond acceptors (Lipinski definition) is 3. The number of ether oxygens (including phenoxy) is 1. The predicted octanol–water partition coefficient (Wildman–Crippen LogP) is 2.91. The third-order valence-corrected chi connectivity index (χ3v) is 2.08. The molecule has 0 amide bonds. The van der Waals surface area contributed by atoms with Gasteiger partial charge in [0.15, 0.2) is 0 Å². The summed E-state index contributed by atoms with van der Waals surface area (Å²) in [6, 6.07) is -10.7. The van der Waals surface area contributed by atoms with E-state index in [-0.39, 0.29) is 0 Å². The molecule has 0 spiro atoms. The summed E-state index contributed by atoms with van der Waals surface area (Å²) in [5.41, 5.74) is 0. The Morgan fingerprint density at radius 1 is 1.24 bits per heavy atom. The average Bonchev–Trinajstić information content (AvgIpc) is 2.13. The van der Waals surface area contributed by atoms with E-state index in [0.29, 0.717) is 0 Å². The van der Waals surface area contributed by atoms with Crippen LogP contribution in [0.15, 0.2) is 0 Å². The molecular formula is C6H5ClF7NO2. The SMILES string of the molecule is CCOC(F)(Cl)C(F)(F)N1OC(F)(F)C1(F)F. The number of nitrogens with zero attached hydrogens (tertiary/aromatic N) is 1. The van der Waals surface area contributed by atoms with Crippen molar-refractivity contribution in [3.8, 4) is 0 Å². The van der Waals surface area contributed by atoms with Crippen molar-refractivity contribution in [3.63, 3.8) is 0 Å². The van der Waals surface area contributed by atoms with E-state index >= 15 is 0 Å². The van der Waals surface area contributed by atoms with Crippen LogP contribution in [0, 0.1) is 0 Å². The normalized spacial score (nSPS) is 27.4. The molecule has 0 aromatic carbocycles. The summed E-state index contributed by atoms with van der Waals surface area (Å²) in [5, 5.41) is -6.26. The maximum Gasteiger partial charge on any atom is 0.453 e. The molecule has 0 saturated carbocycles. The average molecular weight is 292 g/mol. The van der Waals surface area contributed by atoms with Crippen molar-refractivity contribution in [3.05, 3.63) is 0 Å². The molecule has 1 rings (SSSR count). The first-order chi connectivity index (χ1) is 7.40. The fourth-order valence-corrected chi connectivity index (χ4v) is 1.11. The molecule has 0 aromatic heterocycles. The lowest BCUT2D eigenvalue weighted by Gasteiger charge is -2.48. The topological polar surface area (TPSA) is 21.7 Å². The summed E-state index contributed by atoms with van der Waals surface area (Å²) >= 11 is 4.52. The van der Waals surface area contributed by atoms with Gasteiger partial charge in [-0.15, -0.1) is 0 Å². The Morgan fingerprint density at radius 3 is 2.00 bits per heavy atom. The molecule has 1 aliphatic heterocycles. The van der Waals surface area contributed by atoms with E-state index in [2.05, 4.69) is 21.2 Å². The Bertz CT molecular complexity index is 311. The number of hydroxylamine groups is 2. The summed E-state index contributed by atoms with van der Waals surface area (Å²) < 4.78 is 92.1. The monoisotopic (exact) mass is 291 g/mol. The largest absolute Gasteiger partial charge is 0.453 e.